The summed E-state index contributed by atoms with van der Waals surface area (Å²) in [6.07, 6.45) is -3.13. The Hall–Kier alpha value is -3.82. The van der Waals surface area contributed by atoms with Gasteiger partial charge in [0.05, 0.1) is 12.7 Å². The average molecular weight is 448 g/mol. The predicted octanol–water partition coefficient (Wildman–Crippen LogP) is 3.73. The van der Waals surface area contributed by atoms with Crippen molar-refractivity contribution in [2.45, 2.75) is 12.8 Å². The lowest BCUT2D eigenvalue weighted by Gasteiger charge is -2.28. The van der Waals surface area contributed by atoms with Gasteiger partial charge in [-0.25, -0.2) is 4.79 Å². The molecule has 32 heavy (non-hydrogen) atoms. The van der Waals surface area contributed by atoms with Crippen molar-refractivity contribution in [3.8, 4) is 11.5 Å². The normalized spacial score (nSPS) is 14.7. The summed E-state index contributed by atoms with van der Waals surface area (Å²) in [5.74, 6) is -0.957. The molecule has 2 aromatic rings. The third-order valence-corrected chi connectivity index (χ3v) is 4.79. The molecule has 10 heteroatoms. The van der Waals surface area contributed by atoms with Crippen molar-refractivity contribution in [2.24, 2.45) is 0 Å². The van der Waals surface area contributed by atoms with Crippen LogP contribution in [0, 0.1) is 0 Å². The number of likely N-dealkylation sites (N-methyl/N-ethyl adjacent to an activating group) is 2. The lowest BCUT2D eigenvalue weighted by atomic mass is 10.1. The first-order chi connectivity index (χ1) is 15.0. The minimum Gasteiger partial charge on any atom is -0.493 e. The predicted molar refractivity (Wildman–Crippen MR) is 108 cm³/mol. The molecule has 0 bridgehead atoms. The number of barbiturate groups is 1. The third-order valence-electron chi connectivity index (χ3n) is 4.79. The number of methoxy groups -OCH3 is 1. The highest BCUT2D eigenvalue weighted by atomic mass is 19.4. The van der Waals surface area contributed by atoms with Crippen LogP contribution in [0.25, 0.3) is 6.08 Å². The Kier molecular flexibility index (Phi) is 6.24. The molecule has 1 aliphatic rings. The molecule has 3 rings (SSSR count). The summed E-state index contributed by atoms with van der Waals surface area (Å²) in [4.78, 5) is 38.2. The Morgan fingerprint density at radius 2 is 1.59 bits per heavy atom. The van der Waals surface area contributed by atoms with Crippen LogP contribution in [0.4, 0.5) is 18.0 Å². The maximum atomic E-state index is 12.9. The van der Waals surface area contributed by atoms with Gasteiger partial charge in [-0.05, 0) is 41.5 Å². The van der Waals surface area contributed by atoms with E-state index in [1.165, 1.54) is 51.5 Å². The van der Waals surface area contributed by atoms with Gasteiger partial charge in [0, 0.05) is 14.1 Å². The van der Waals surface area contributed by atoms with Gasteiger partial charge in [-0.1, -0.05) is 18.2 Å². The van der Waals surface area contributed by atoms with Gasteiger partial charge >= 0.3 is 12.2 Å². The number of rotatable bonds is 5. The van der Waals surface area contributed by atoms with E-state index in [9.17, 15) is 27.6 Å². The van der Waals surface area contributed by atoms with Crippen molar-refractivity contribution >= 4 is 23.9 Å². The third kappa shape index (κ3) is 4.58. The number of benzene rings is 2. The second-order valence-corrected chi connectivity index (χ2v) is 6.97. The molecule has 2 aromatic carbocycles. The van der Waals surface area contributed by atoms with E-state index in [0.717, 1.165) is 21.9 Å². The summed E-state index contributed by atoms with van der Waals surface area (Å²) in [6.45, 7) is -0.130. The number of carbonyl (C=O) groups excluding carboxylic acids is 3. The van der Waals surface area contributed by atoms with Gasteiger partial charge in [0.25, 0.3) is 11.8 Å². The average Bonchev–Trinajstić information content (AvgIpc) is 2.77. The quantitative estimate of drug-likeness (QED) is 0.515. The van der Waals surface area contributed by atoms with Gasteiger partial charge in [-0.15, -0.1) is 0 Å². The zero-order valence-corrected chi connectivity index (χ0v) is 17.4. The number of hydrogen-bond acceptors (Lipinski definition) is 5. The SMILES string of the molecule is COc1cc(C=C2C(=O)N(C)C(=O)N(C)C2=O)ccc1OCc1cccc(C(F)(F)F)c1. The number of nitrogens with zero attached hydrogens (tertiary/aromatic N) is 2. The molecule has 1 fully saturated rings. The second-order valence-electron chi connectivity index (χ2n) is 6.97. The van der Waals surface area contributed by atoms with Gasteiger partial charge in [-0.3, -0.25) is 19.4 Å². The fourth-order valence-electron chi connectivity index (χ4n) is 3.03. The van der Waals surface area contributed by atoms with E-state index in [0.29, 0.717) is 11.1 Å². The maximum absolute atomic E-state index is 12.9. The minimum absolute atomic E-state index is 0.130. The summed E-state index contributed by atoms with van der Waals surface area (Å²) in [5.41, 5.74) is -0.222. The molecular formula is C22H19F3N2O5. The fraction of sp³-hybridized carbons (Fsp3) is 0.227. The van der Waals surface area contributed by atoms with Crippen LogP contribution in [-0.2, 0) is 22.4 Å². The van der Waals surface area contributed by atoms with Crippen molar-refractivity contribution in [3.05, 3.63) is 64.7 Å². The Labute approximate surface area is 181 Å². The molecule has 7 nitrogen and oxygen atoms in total. The fourth-order valence-corrected chi connectivity index (χ4v) is 3.03. The first-order valence-corrected chi connectivity index (χ1v) is 9.31. The molecular weight excluding hydrogens is 429 g/mol. The highest BCUT2D eigenvalue weighted by Crippen LogP contribution is 2.32. The summed E-state index contributed by atoms with van der Waals surface area (Å²) in [6, 6.07) is 8.62. The summed E-state index contributed by atoms with van der Waals surface area (Å²) in [7, 11) is 3.92. The highest BCUT2D eigenvalue weighted by molar-refractivity contribution is 6.30. The number of urea groups is 1. The Morgan fingerprint density at radius 3 is 2.19 bits per heavy atom. The van der Waals surface area contributed by atoms with Crippen LogP contribution in [0.5, 0.6) is 11.5 Å². The van der Waals surface area contributed by atoms with E-state index in [4.69, 9.17) is 9.47 Å². The molecule has 0 N–H and O–H groups in total. The number of imide groups is 2. The van der Waals surface area contributed by atoms with Crippen molar-refractivity contribution in [1.82, 2.24) is 9.80 Å². The molecule has 0 saturated carbocycles. The highest BCUT2D eigenvalue weighted by Gasteiger charge is 2.37. The zero-order chi connectivity index (χ0) is 23.6. The van der Waals surface area contributed by atoms with E-state index in [-0.39, 0.29) is 23.7 Å². The standard InChI is InChI=1S/C22H19F3N2O5/c1-26-19(28)16(20(29)27(2)21(26)30)10-13-7-8-17(18(11-13)31-3)32-12-14-5-4-6-15(9-14)22(23,24)25/h4-11H,12H2,1-3H3. The van der Waals surface area contributed by atoms with E-state index < -0.39 is 29.6 Å². The molecule has 0 unspecified atom stereocenters. The minimum atomic E-state index is -4.45. The van der Waals surface area contributed by atoms with Crippen molar-refractivity contribution < 1.29 is 37.0 Å². The second kappa shape index (κ2) is 8.74. The van der Waals surface area contributed by atoms with Gasteiger partial charge in [-0.2, -0.15) is 13.2 Å². The van der Waals surface area contributed by atoms with E-state index >= 15 is 0 Å². The molecule has 1 heterocycles. The van der Waals surface area contributed by atoms with Crippen molar-refractivity contribution in [3.63, 3.8) is 0 Å². The molecule has 168 valence electrons. The van der Waals surface area contributed by atoms with Gasteiger partial charge in [0.2, 0.25) is 0 Å². The van der Waals surface area contributed by atoms with E-state index in [1.54, 1.807) is 6.07 Å². The number of alkyl halides is 3. The van der Waals surface area contributed by atoms with Gasteiger partial charge < -0.3 is 9.47 Å². The largest absolute Gasteiger partial charge is 0.493 e. The topological polar surface area (TPSA) is 76.2 Å². The van der Waals surface area contributed by atoms with Crippen LogP contribution in [0.15, 0.2) is 48.0 Å². The zero-order valence-electron chi connectivity index (χ0n) is 17.4. The van der Waals surface area contributed by atoms with E-state index in [1.807, 2.05) is 0 Å². The smallest absolute Gasteiger partial charge is 0.416 e. The maximum Gasteiger partial charge on any atom is 0.416 e. The van der Waals surface area contributed by atoms with Crippen LogP contribution in [0.3, 0.4) is 0 Å². The number of ether oxygens (including phenoxy) is 2. The van der Waals surface area contributed by atoms with Crippen LogP contribution in [0.1, 0.15) is 16.7 Å². The van der Waals surface area contributed by atoms with Crippen LogP contribution in [-0.4, -0.2) is 48.9 Å². The summed E-state index contributed by atoms with van der Waals surface area (Å²) < 4.78 is 49.5. The lowest BCUT2D eigenvalue weighted by molar-refractivity contribution is -0.138. The Bertz CT molecular complexity index is 1080. The molecule has 0 spiro atoms. The van der Waals surface area contributed by atoms with Crippen LogP contribution in [0.2, 0.25) is 0 Å². The molecule has 1 saturated heterocycles. The van der Waals surface area contributed by atoms with Crippen LogP contribution >= 0.6 is 0 Å². The number of carbonyl (C=O) groups is 3. The first kappa shape index (κ1) is 22.9. The molecule has 0 aromatic heterocycles. The molecule has 4 amide bonds. The number of halogens is 3. The first-order valence-electron chi connectivity index (χ1n) is 9.31. The van der Waals surface area contributed by atoms with E-state index in [2.05, 4.69) is 0 Å². The lowest BCUT2D eigenvalue weighted by Crippen LogP contribution is -2.52. The van der Waals surface area contributed by atoms with Gasteiger partial charge in [0.15, 0.2) is 11.5 Å². The van der Waals surface area contributed by atoms with Crippen molar-refractivity contribution in [1.29, 1.82) is 0 Å². The number of amides is 4. The van der Waals surface area contributed by atoms with Crippen molar-refractivity contribution in [2.75, 3.05) is 21.2 Å². The summed E-state index contributed by atoms with van der Waals surface area (Å²) in [5, 5.41) is 0. The monoisotopic (exact) mass is 448 g/mol. The Balaban J connectivity index is 1.82. The molecule has 1 aliphatic heterocycles. The number of hydrogen-bond donors (Lipinski definition) is 0. The molecule has 0 radical (unpaired) electrons. The van der Waals surface area contributed by atoms with Crippen LogP contribution < -0.4 is 9.47 Å². The molecule has 0 aliphatic carbocycles. The van der Waals surface area contributed by atoms with Gasteiger partial charge in [0.1, 0.15) is 12.2 Å². The summed E-state index contributed by atoms with van der Waals surface area (Å²) >= 11 is 0. The Morgan fingerprint density at radius 1 is 0.938 bits per heavy atom. The molecule has 0 atom stereocenters.